The highest BCUT2D eigenvalue weighted by Crippen LogP contribution is 2.46. The van der Waals surface area contributed by atoms with E-state index in [4.69, 9.17) is 14.7 Å². The Morgan fingerprint density at radius 3 is 2.46 bits per heavy atom. The second kappa shape index (κ2) is 6.32. The third-order valence-corrected chi connectivity index (χ3v) is 5.68. The molecule has 1 N–H and O–H groups in total. The summed E-state index contributed by atoms with van der Waals surface area (Å²) in [6.07, 6.45) is 9.71. The largest absolute Gasteiger partial charge is 0.381 e. The minimum atomic E-state index is 0.264. The Balaban J connectivity index is 1.47. The molecule has 4 heterocycles. The van der Waals surface area contributed by atoms with Gasteiger partial charge < -0.3 is 10.2 Å². The number of hydrazine groups is 1. The first kappa shape index (κ1) is 15.7. The van der Waals surface area contributed by atoms with Crippen molar-refractivity contribution in [3.05, 3.63) is 40.7 Å². The Morgan fingerprint density at radius 1 is 1.00 bits per heavy atom. The molecule has 2 aromatic heterocycles. The van der Waals surface area contributed by atoms with E-state index in [1.807, 2.05) is 12.3 Å². The van der Waals surface area contributed by atoms with Crippen LogP contribution in [0.4, 0.5) is 5.82 Å². The average molecular weight is 350 g/mol. The van der Waals surface area contributed by atoms with Gasteiger partial charge in [-0.15, -0.1) is 0 Å². The van der Waals surface area contributed by atoms with Gasteiger partial charge in [-0.25, -0.2) is 19.9 Å². The monoisotopic (exact) mass is 350 g/mol. The summed E-state index contributed by atoms with van der Waals surface area (Å²) in [6.45, 7) is 5.76. The van der Waals surface area contributed by atoms with Crippen molar-refractivity contribution in [1.82, 2.24) is 25.4 Å². The lowest BCUT2D eigenvalue weighted by molar-refractivity contribution is 0.0832. The molecular formula is C19H22N6O. The van der Waals surface area contributed by atoms with Crippen LogP contribution in [0.25, 0.3) is 12.8 Å². The van der Waals surface area contributed by atoms with Crippen molar-refractivity contribution >= 4 is 18.6 Å². The van der Waals surface area contributed by atoms with Crippen LogP contribution in [0.1, 0.15) is 49.2 Å². The van der Waals surface area contributed by atoms with Gasteiger partial charge in [-0.2, -0.15) is 0 Å². The molecule has 0 amide bonds. The summed E-state index contributed by atoms with van der Waals surface area (Å²) in [7, 11) is 0. The van der Waals surface area contributed by atoms with Gasteiger partial charge in [0.15, 0.2) is 5.82 Å². The maximum atomic E-state index is 5.50. The lowest BCUT2D eigenvalue weighted by atomic mass is 9.72. The molecule has 0 aromatic carbocycles. The number of hydrogen-bond acceptors (Lipinski definition) is 7. The number of ether oxygens (including phenoxy) is 1. The molecule has 7 heteroatoms. The van der Waals surface area contributed by atoms with Crippen LogP contribution in [0.15, 0.2) is 18.5 Å². The smallest absolute Gasteiger partial charge is 0.160 e. The Labute approximate surface area is 151 Å². The number of nitrogens with zero attached hydrogens (tertiary/aromatic N) is 5. The van der Waals surface area contributed by atoms with Crippen molar-refractivity contribution in [3.8, 4) is 0 Å². The number of nitrogens with one attached hydrogen (secondary N) is 1. The van der Waals surface area contributed by atoms with Gasteiger partial charge >= 0.3 is 0 Å². The van der Waals surface area contributed by atoms with E-state index < -0.39 is 0 Å². The van der Waals surface area contributed by atoms with Crippen LogP contribution in [-0.2, 0) is 4.74 Å². The van der Waals surface area contributed by atoms with Crippen molar-refractivity contribution in [3.63, 3.8) is 0 Å². The number of rotatable bonds is 3. The van der Waals surface area contributed by atoms with Gasteiger partial charge in [0, 0.05) is 43.6 Å². The van der Waals surface area contributed by atoms with E-state index in [1.54, 1.807) is 12.4 Å². The zero-order valence-electron chi connectivity index (χ0n) is 14.6. The Kier molecular flexibility index (Phi) is 3.81. The quantitative estimate of drug-likeness (QED) is 0.868. The fourth-order valence-electron chi connectivity index (χ4n) is 4.06. The van der Waals surface area contributed by atoms with Gasteiger partial charge in [0.2, 0.25) is 0 Å². The number of aromatic nitrogens is 4. The van der Waals surface area contributed by atoms with E-state index in [0.717, 1.165) is 66.9 Å². The van der Waals surface area contributed by atoms with E-state index in [-0.39, 0.29) is 5.92 Å². The summed E-state index contributed by atoms with van der Waals surface area (Å²) in [6, 6.07) is 2.24. The second-order valence-electron chi connectivity index (χ2n) is 7.15. The molecule has 1 saturated heterocycles. The maximum absolute atomic E-state index is 5.50. The van der Waals surface area contributed by atoms with Gasteiger partial charge in [0.05, 0.1) is 16.6 Å². The van der Waals surface area contributed by atoms with Crippen LogP contribution >= 0.6 is 0 Å². The fourth-order valence-corrected chi connectivity index (χ4v) is 4.06. The Bertz CT molecular complexity index is 912. The van der Waals surface area contributed by atoms with Gasteiger partial charge in [-0.05, 0) is 31.7 Å². The zero-order chi connectivity index (χ0) is 17.5. The van der Waals surface area contributed by atoms with Crippen molar-refractivity contribution in [2.45, 2.75) is 43.6 Å². The summed E-state index contributed by atoms with van der Waals surface area (Å²) in [4.78, 5) is 18.5. The van der Waals surface area contributed by atoms with Crippen LogP contribution in [0, 0.1) is 0 Å². The van der Waals surface area contributed by atoms with Crippen LogP contribution in [0.3, 0.4) is 0 Å². The number of anilines is 1. The maximum Gasteiger partial charge on any atom is 0.160 e. The van der Waals surface area contributed by atoms with Crippen molar-refractivity contribution in [2.75, 3.05) is 18.2 Å². The summed E-state index contributed by atoms with van der Waals surface area (Å²) in [5.41, 5.74) is 3.36. The third kappa shape index (κ3) is 2.54. The summed E-state index contributed by atoms with van der Waals surface area (Å²) in [5, 5.41) is 3.95. The lowest BCUT2D eigenvalue weighted by Gasteiger charge is -2.35. The molecule has 5 rings (SSSR count). The minimum absolute atomic E-state index is 0.264. The highest BCUT2D eigenvalue weighted by atomic mass is 16.5. The van der Waals surface area contributed by atoms with Gasteiger partial charge in [-0.3, -0.25) is 5.01 Å². The predicted molar refractivity (Wildman–Crippen MR) is 97.5 cm³/mol. The SMILES string of the molecule is C=c1nc([C@@H]2CC[C@H]2c2ncccn2)nc2c1=CNN2C1CCOCC1. The third-order valence-electron chi connectivity index (χ3n) is 5.68. The fraction of sp³-hybridized carbons (Fsp3) is 0.474. The van der Waals surface area contributed by atoms with E-state index in [2.05, 4.69) is 27.0 Å². The van der Waals surface area contributed by atoms with E-state index in [0.29, 0.717) is 12.0 Å². The number of hydrogen-bond donors (Lipinski definition) is 1. The molecule has 2 aliphatic heterocycles. The van der Waals surface area contributed by atoms with Gasteiger partial charge in [-0.1, -0.05) is 6.58 Å². The van der Waals surface area contributed by atoms with Crippen LogP contribution < -0.4 is 21.0 Å². The first-order valence-electron chi connectivity index (χ1n) is 9.28. The van der Waals surface area contributed by atoms with Crippen molar-refractivity contribution < 1.29 is 4.74 Å². The zero-order valence-corrected chi connectivity index (χ0v) is 14.6. The molecule has 7 nitrogen and oxygen atoms in total. The molecule has 26 heavy (non-hydrogen) atoms. The summed E-state index contributed by atoms with van der Waals surface area (Å²) >= 11 is 0. The highest BCUT2D eigenvalue weighted by molar-refractivity contribution is 5.52. The molecule has 0 radical (unpaired) electrons. The Morgan fingerprint density at radius 2 is 1.73 bits per heavy atom. The molecule has 134 valence electrons. The molecule has 0 bridgehead atoms. The van der Waals surface area contributed by atoms with E-state index >= 15 is 0 Å². The highest BCUT2D eigenvalue weighted by Gasteiger charge is 2.38. The van der Waals surface area contributed by atoms with E-state index in [1.165, 1.54) is 0 Å². The van der Waals surface area contributed by atoms with Crippen molar-refractivity contribution in [2.24, 2.45) is 0 Å². The summed E-state index contributed by atoms with van der Waals surface area (Å²) in [5.74, 6) is 3.27. The van der Waals surface area contributed by atoms with Crippen LogP contribution in [-0.4, -0.2) is 39.2 Å². The van der Waals surface area contributed by atoms with Gasteiger partial charge in [0.1, 0.15) is 11.6 Å². The van der Waals surface area contributed by atoms with Crippen LogP contribution in [0.2, 0.25) is 0 Å². The standard InChI is InChI=1S/C19H22N6O/c1-12-16-11-22-25(13-5-9-26-10-6-13)19(16)24-18(23-12)15-4-3-14(15)17-20-7-2-8-21-17/h2,7-8,11,13-15,22H,1,3-6,9-10H2/t14-,15-/m1/s1. The molecule has 1 saturated carbocycles. The average Bonchev–Trinajstić information content (AvgIpc) is 3.07. The number of fused-ring (bicyclic) bond motifs is 1. The predicted octanol–water partition coefficient (Wildman–Crippen LogP) is 0.580. The minimum Gasteiger partial charge on any atom is -0.381 e. The Hall–Kier alpha value is -2.54. The van der Waals surface area contributed by atoms with Crippen LogP contribution in [0.5, 0.6) is 0 Å². The normalized spacial score (nSPS) is 25.2. The molecule has 2 fully saturated rings. The molecule has 0 unspecified atom stereocenters. The topological polar surface area (TPSA) is 76.1 Å². The first-order chi connectivity index (χ1) is 12.8. The lowest BCUT2D eigenvalue weighted by Crippen LogP contribution is -2.46. The second-order valence-corrected chi connectivity index (χ2v) is 7.15. The van der Waals surface area contributed by atoms with E-state index in [9.17, 15) is 0 Å². The molecule has 2 aromatic rings. The van der Waals surface area contributed by atoms with Crippen molar-refractivity contribution in [1.29, 1.82) is 0 Å². The first-order valence-corrected chi connectivity index (χ1v) is 9.28. The molecule has 0 spiro atoms. The molecule has 2 atom stereocenters. The molecule has 1 aliphatic carbocycles. The summed E-state index contributed by atoms with van der Waals surface area (Å²) < 4.78 is 5.50. The van der Waals surface area contributed by atoms with Gasteiger partial charge in [0.25, 0.3) is 0 Å². The molecular weight excluding hydrogens is 328 g/mol. The molecule has 3 aliphatic rings.